The molecule has 0 aliphatic carbocycles. The number of rotatable bonds is 6. The largest absolute Gasteiger partial charge is 0.504 e. The van der Waals surface area contributed by atoms with Crippen molar-refractivity contribution in [2.75, 3.05) is 19.0 Å². The van der Waals surface area contributed by atoms with Crippen molar-refractivity contribution in [3.05, 3.63) is 66.2 Å². The lowest BCUT2D eigenvalue weighted by Gasteiger charge is -2.08. The Morgan fingerprint density at radius 3 is 2.77 bits per heavy atom. The van der Waals surface area contributed by atoms with Gasteiger partial charge in [-0.15, -0.1) is 0 Å². The molecule has 0 heterocycles. The second kappa shape index (κ2) is 8.02. The van der Waals surface area contributed by atoms with Crippen molar-refractivity contribution in [1.82, 2.24) is 5.43 Å². The number of nitrogens with one attached hydrogen (secondary N) is 2. The summed E-state index contributed by atoms with van der Waals surface area (Å²) >= 11 is 0. The van der Waals surface area contributed by atoms with Gasteiger partial charge in [0.25, 0.3) is 5.91 Å². The highest BCUT2D eigenvalue weighted by Gasteiger charge is 2.04. The number of phenols is 1. The predicted molar refractivity (Wildman–Crippen MR) is 103 cm³/mol. The van der Waals surface area contributed by atoms with Gasteiger partial charge in [-0.05, 0) is 35.2 Å². The minimum absolute atomic E-state index is 0.0143. The summed E-state index contributed by atoms with van der Waals surface area (Å²) in [6, 6.07) is 18.7. The summed E-state index contributed by atoms with van der Waals surface area (Å²) in [4.78, 5) is 12.0. The van der Waals surface area contributed by atoms with Gasteiger partial charge in [-0.3, -0.25) is 4.79 Å². The van der Waals surface area contributed by atoms with Gasteiger partial charge in [0.1, 0.15) is 0 Å². The number of methoxy groups -OCH3 is 1. The Labute approximate surface area is 151 Å². The van der Waals surface area contributed by atoms with E-state index in [0.29, 0.717) is 11.3 Å². The monoisotopic (exact) mass is 349 g/mol. The van der Waals surface area contributed by atoms with Gasteiger partial charge in [-0.2, -0.15) is 5.10 Å². The molecule has 0 aliphatic heterocycles. The van der Waals surface area contributed by atoms with Crippen LogP contribution in [-0.2, 0) is 4.79 Å². The van der Waals surface area contributed by atoms with Gasteiger partial charge < -0.3 is 15.2 Å². The molecule has 3 rings (SSSR count). The summed E-state index contributed by atoms with van der Waals surface area (Å²) in [6.07, 6.45) is 1.45. The quantitative estimate of drug-likeness (QED) is 0.472. The van der Waals surface area contributed by atoms with Gasteiger partial charge in [0.15, 0.2) is 11.5 Å². The third kappa shape index (κ3) is 4.10. The van der Waals surface area contributed by atoms with Crippen LogP contribution in [0.1, 0.15) is 5.56 Å². The SMILES string of the molecule is COc1ccc(/C=N\NC(=O)CNc2cccc3ccccc23)cc1O. The van der Waals surface area contributed by atoms with E-state index in [1.54, 1.807) is 12.1 Å². The van der Waals surface area contributed by atoms with Gasteiger partial charge in [0, 0.05) is 11.1 Å². The fourth-order valence-electron chi connectivity index (χ4n) is 2.56. The summed E-state index contributed by atoms with van der Waals surface area (Å²) < 4.78 is 4.97. The minimum Gasteiger partial charge on any atom is -0.504 e. The highest BCUT2D eigenvalue weighted by atomic mass is 16.5. The molecule has 0 radical (unpaired) electrons. The topological polar surface area (TPSA) is 83.0 Å². The van der Waals surface area contributed by atoms with E-state index in [1.165, 1.54) is 19.4 Å². The number of benzene rings is 3. The molecule has 0 spiro atoms. The first-order chi connectivity index (χ1) is 12.7. The van der Waals surface area contributed by atoms with Crippen molar-refractivity contribution in [2.24, 2.45) is 5.10 Å². The number of aromatic hydroxyl groups is 1. The second-order valence-corrected chi connectivity index (χ2v) is 5.60. The van der Waals surface area contributed by atoms with Crippen LogP contribution in [0.25, 0.3) is 10.8 Å². The highest BCUT2D eigenvalue weighted by Crippen LogP contribution is 2.25. The Balaban J connectivity index is 1.56. The first kappa shape index (κ1) is 17.3. The molecule has 3 aromatic rings. The molecule has 6 nitrogen and oxygen atoms in total. The fourth-order valence-corrected chi connectivity index (χ4v) is 2.56. The number of hydrazone groups is 1. The molecular weight excluding hydrogens is 330 g/mol. The summed E-state index contributed by atoms with van der Waals surface area (Å²) in [5, 5.41) is 18.9. The molecule has 26 heavy (non-hydrogen) atoms. The third-order valence-electron chi connectivity index (χ3n) is 3.83. The first-order valence-electron chi connectivity index (χ1n) is 8.08. The molecule has 0 aromatic heterocycles. The van der Waals surface area contributed by atoms with Crippen LogP contribution in [0.15, 0.2) is 65.8 Å². The molecule has 132 valence electrons. The number of ether oxygens (including phenoxy) is 1. The van der Waals surface area contributed by atoms with Crippen LogP contribution >= 0.6 is 0 Å². The lowest BCUT2D eigenvalue weighted by Crippen LogP contribution is -2.25. The van der Waals surface area contributed by atoms with Gasteiger partial charge in [-0.1, -0.05) is 36.4 Å². The third-order valence-corrected chi connectivity index (χ3v) is 3.83. The average molecular weight is 349 g/mol. The summed E-state index contributed by atoms with van der Waals surface area (Å²) in [6.45, 7) is 0.0964. The van der Waals surface area contributed by atoms with E-state index in [1.807, 2.05) is 42.5 Å². The van der Waals surface area contributed by atoms with Gasteiger partial charge in [-0.25, -0.2) is 5.43 Å². The molecule has 0 aliphatic rings. The predicted octanol–water partition coefficient (Wildman–Crippen LogP) is 3.12. The van der Waals surface area contributed by atoms with Crippen molar-refractivity contribution in [3.63, 3.8) is 0 Å². The van der Waals surface area contributed by atoms with Crippen LogP contribution in [0.5, 0.6) is 11.5 Å². The zero-order chi connectivity index (χ0) is 18.4. The Morgan fingerprint density at radius 1 is 1.15 bits per heavy atom. The molecule has 0 bridgehead atoms. The average Bonchev–Trinajstić information content (AvgIpc) is 2.66. The van der Waals surface area contributed by atoms with Crippen LogP contribution in [0.2, 0.25) is 0 Å². The number of carbonyl (C=O) groups is 1. The van der Waals surface area contributed by atoms with E-state index in [-0.39, 0.29) is 18.2 Å². The standard InChI is InChI=1S/C20H19N3O3/c1-26-19-10-9-14(11-18(19)24)12-22-23-20(25)13-21-17-8-4-6-15-5-2-3-7-16(15)17/h2-12,21,24H,13H2,1H3,(H,23,25)/b22-12-. The van der Waals surface area contributed by atoms with E-state index in [4.69, 9.17) is 4.74 Å². The van der Waals surface area contributed by atoms with E-state index in [2.05, 4.69) is 15.8 Å². The zero-order valence-electron chi connectivity index (χ0n) is 14.3. The van der Waals surface area contributed by atoms with Crippen LogP contribution in [-0.4, -0.2) is 30.9 Å². The maximum Gasteiger partial charge on any atom is 0.259 e. The number of amides is 1. The summed E-state index contributed by atoms with van der Waals surface area (Å²) in [7, 11) is 1.48. The van der Waals surface area contributed by atoms with Crippen molar-refractivity contribution < 1.29 is 14.6 Å². The Hall–Kier alpha value is -3.54. The normalized spacial score (nSPS) is 10.8. The molecule has 3 N–H and O–H groups in total. The van der Waals surface area contributed by atoms with Gasteiger partial charge in [0.2, 0.25) is 0 Å². The molecule has 1 amide bonds. The Morgan fingerprint density at radius 2 is 1.96 bits per heavy atom. The molecule has 6 heteroatoms. The number of nitrogens with zero attached hydrogens (tertiary/aromatic N) is 1. The lowest BCUT2D eigenvalue weighted by atomic mass is 10.1. The maximum absolute atomic E-state index is 12.0. The molecule has 3 aromatic carbocycles. The second-order valence-electron chi connectivity index (χ2n) is 5.60. The van der Waals surface area contributed by atoms with E-state index in [0.717, 1.165) is 16.5 Å². The van der Waals surface area contributed by atoms with Crippen molar-refractivity contribution >= 4 is 28.6 Å². The fraction of sp³-hybridized carbons (Fsp3) is 0.100. The number of hydrogen-bond acceptors (Lipinski definition) is 5. The molecule has 0 fully saturated rings. The van der Waals surface area contributed by atoms with Crippen LogP contribution in [0.3, 0.4) is 0 Å². The number of carbonyl (C=O) groups excluding carboxylic acids is 1. The highest BCUT2D eigenvalue weighted by molar-refractivity contribution is 5.95. The van der Waals surface area contributed by atoms with Crippen molar-refractivity contribution in [1.29, 1.82) is 0 Å². The van der Waals surface area contributed by atoms with Crippen LogP contribution < -0.4 is 15.5 Å². The molecule has 0 atom stereocenters. The van der Waals surface area contributed by atoms with Crippen LogP contribution in [0, 0.1) is 0 Å². The van der Waals surface area contributed by atoms with Crippen molar-refractivity contribution in [3.8, 4) is 11.5 Å². The van der Waals surface area contributed by atoms with E-state index in [9.17, 15) is 9.90 Å². The molecule has 0 saturated heterocycles. The van der Waals surface area contributed by atoms with Crippen molar-refractivity contribution in [2.45, 2.75) is 0 Å². The number of hydrogen-bond donors (Lipinski definition) is 3. The number of phenolic OH excluding ortho intramolecular Hbond substituents is 1. The van der Waals surface area contributed by atoms with E-state index >= 15 is 0 Å². The molecular formula is C20H19N3O3. The van der Waals surface area contributed by atoms with Gasteiger partial charge >= 0.3 is 0 Å². The van der Waals surface area contributed by atoms with Gasteiger partial charge in [0.05, 0.1) is 19.9 Å². The molecule has 0 saturated carbocycles. The Bertz CT molecular complexity index is 949. The van der Waals surface area contributed by atoms with E-state index < -0.39 is 0 Å². The van der Waals surface area contributed by atoms with Crippen LogP contribution in [0.4, 0.5) is 5.69 Å². The number of fused-ring (bicyclic) bond motifs is 1. The maximum atomic E-state index is 12.0. The smallest absolute Gasteiger partial charge is 0.259 e. The summed E-state index contributed by atoms with van der Waals surface area (Å²) in [5.41, 5.74) is 3.99. The Kier molecular flexibility index (Phi) is 5.34. The first-order valence-corrected chi connectivity index (χ1v) is 8.08. The lowest BCUT2D eigenvalue weighted by molar-refractivity contribution is -0.119. The zero-order valence-corrected chi connectivity index (χ0v) is 14.3. The number of anilines is 1. The minimum atomic E-state index is -0.271. The summed E-state index contributed by atoms with van der Waals surface area (Å²) in [5.74, 6) is 0.123. The molecule has 0 unspecified atom stereocenters.